The number of pyridine rings is 1. The Morgan fingerprint density at radius 2 is 2.07 bits per heavy atom. The number of likely N-dealkylation sites (tertiary alicyclic amines) is 1. The molecule has 27 heavy (non-hydrogen) atoms. The SMILES string of the molecule is CN(C)C(=O)C1CCCN(C(=O)c2cccnc2Oc2cccc(Br)c2)C1. The van der Waals surface area contributed by atoms with E-state index in [1.165, 1.54) is 0 Å². The first-order chi connectivity index (χ1) is 13.0. The van der Waals surface area contributed by atoms with E-state index in [-0.39, 0.29) is 23.6 Å². The first kappa shape index (κ1) is 19.4. The number of aromatic nitrogens is 1. The summed E-state index contributed by atoms with van der Waals surface area (Å²) in [4.78, 5) is 32.9. The second-order valence-electron chi connectivity index (χ2n) is 6.74. The molecule has 1 aromatic carbocycles. The summed E-state index contributed by atoms with van der Waals surface area (Å²) in [7, 11) is 3.49. The number of halogens is 1. The number of hydrogen-bond donors (Lipinski definition) is 0. The molecule has 1 aromatic heterocycles. The van der Waals surface area contributed by atoms with Crippen LogP contribution in [0.5, 0.6) is 11.6 Å². The molecule has 0 spiro atoms. The minimum atomic E-state index is -0.163. The molecule has 1 atom stereocenters. The van der Waals surface area contributed by atoms with Crippen LogP contribution in [0, 0.1) is 5.92 Å². The van der Waals surface area contributed by atoms with Crippen LogP contribution in [0.4, 0.5) is 0 Å². The van der Waals surface area contributed by atoms with Crippen molar-refractivity contribution in [2.24, 2.45) is 5.92 Å². The topological polar surface area (TPSA) is 62.7 Å². The van der Waals surface area contributed by atoms with Crippen LogP contribution in [0.15, 0.2) is 47.1 Å². The molecule has 1 fully saturated rings. The van der Waals surface area contributed by atoms with Crippen molar-refractivity contribution in [2.45, 2.75) is 12.8 Å². The molecule has 0 aliphatic carbocycles. The summed E-state index contributed by atoms with van der Waals surface area (Å²) < 4.78 is 6.73. The highest BCUT2D eigenvalue weighted by molar-refractivity contribution is 9.10. The number of hydrogen-bond acceptors (Lipinski definition) is 4. The molecule has 3 rings (SSSR count). The van der Waals surface area contributed by atoms with Gasteiger partial charge in [-0.2, -0.15) is 0 Å². The Bertz CT molecular complexity index is 841. The van der Waals surface area contributed by atoms with E-state index >= 15 is 0 Å². The molecule has 7 heteroatoms. The number of rotatable bonds is 4. The zero-order valence-corrected chi connectivity index (χ0v) is 17.0. The van der Waals surface area contributed by atoms with Gasteiger partial charge in [-0.3, -0.25) is 9.59 Å². The maximum atomic E-state index is 13.1. The van der Waals surface area contributed by atoms with Crippen LogP contribution in [-0.2, 0) is 4.79 Å². The smallest absolute Gasteiger partial charge is 0.259 e. The van der Waals surface area contributed by atoms with Crippen LogP contribution < -0.4 is 4.74 Å². The van der Waals surface area contributed by atoms with Crippen molar-refractivity contribution in [3.8, 4) is 11.6 Å². The molecule has 1 unspecified atom stereocenters. The highest BCUT2D eigenvalue weighted by Crippen LogP contribution is 2.27. The molecule has 2 aromatic rings. The molecule has 1 saturated heterocycles. The summed E-state index contributed by atoms with van der Waals surface area (Å²) in [6.07, 6.45) is 3.20. The predicted octanol–water partition coefficient (Wildman–Crippen LogP) is 3.58. The predicted molar refractivity (Wildman–Crippen MR) is 106 cm³/mol. The molecule has 2 amide bonds. The van der Waals surface area contributed by atoms with E-state index in [2.05, 4.69) is 20.9 Å². The number of carbonyl (C=O) groups is 2. The maximum absolute atomic E-state index is 13.1. The maximum Gasteiger partial charge on any atom is 0.259 e. The van der Waals surface area contributed by atoms with Gasteiger partial charge in [0.15, 0.2) is 0 Å². The monoisotopic (exact) mass is 431 g/mol. The van der Waals surface area contributed by atoms with Gasteiger partial charge in [0.2, 0.25) is 11.8 Å². The lowest BCUT2D eigenvalue weighted by atomic mass is 9.96. The molecule has 0 bridgehead atoms. The van der Waals surface area contributed by atoms with Gasteiger partial charge in [-0.1, -0.05) is 22.0 Å². The third-order valence-corrected chi connectivity index (χ3v) is 5.00. The molecular weight excluding hydrogens is 410 g/mol. The summed E-state index contributed by atoms with van der Waals surface area (Å²) in [5.41, 5.74) is 0.399. The van der Waals surface area contributed by atoms with Gasteiger partial charge in [-0.25, -0.2) is 4.98 Å². The summed E-state index contributed by atoms with van der Waals surface area (Å²) in [6.45, 7) is 1.04. The van der Waals surface area contributed by atoms with Crippen molar-refractivity contribution in [2.75, 3.05) is 27.2 Å². The van der Waals surface area contributed by atoms with E-state index in [4.69, 9.17) is 4.74 Å². The largest absolute Gasteiger partial charge is 0.438 e. The van der Waals surface area contributed by atoms with E-state index in [0.717, 1.165) is 17.3 Å². The average molecular weight is 432 g/mol. The van der Waals surface area contributed by atoms with Gasteiger partial charge >= 0.3 is 0 Å². The van der Waals surface area contributed by atoms with Crippen LogP contribution in [0.25, 0.3) is 0 Å². The third-order valence-electron chi connectivity index (χ3n) is 4.51. The van der Waals surface area contributed by atoms with Crippen LogP contribution in [0.3, 0.4) is 0 Å². The van der Waals surface area contributed by atoms with Gasteiger partial charge in [0.25, 0.3) is 5.91 Å². The van der Waals surface area contributed by atoms with Crippen molar-refractivity contribution in [3.05, 3.63) is 52.6 Å². The van der Waals surface area contributed by atoms with E-state index in [1.807, 2.05) is 18.2 Å². The highest BCUT2D eigenvalue weighted by atomic mass is 79.9. The molecule has 0 saturated carbocycles. The standard InChI is InChI=1S/C20H22BrN3O3/c1-23(2)19(25)14-6-5-11-24(13-14)20(26)17-9-4-10-22-18(17)27-16-8-3-7-15(21)12-16/h3-4,7-10,12,14H,5-6,11,13H2,1-2H3. The fourth-order valence-corrected chi connectivity index (χ4v) is 3.55. The van der Waals surface area contributed by atoms with Gasteiger partial charge in [-0.15, -0.1) is 0 Å². The Balaban J connectivity index is 1.79. The van der Waals surface area contributed by atoms with Crippen molar-refractivity contribution in [1.82, 2.24) is 14.8 Å². The van der Waals surface area contributed by atoms with E-state index in [0.29, 0.717) is 24.4 Å². The lowest BCUT2D eigenvalue weighted by Gasteiger charge is -2.33. The molecule has 142 valence electrons. The molecule has 1 aliphatic heterocycles. The number of piperidine rings is 1. The first-order valence-corrected chi connectivity index (χ1v) is 9.64. The molecule has 6 nitrogen and oxygen atoms in total. The first-order valence-electron chi connectivity index (χ1n) is 8.84. The van der Waals surface area contributed by atoms with Crippen molar-refractivity contribution in [3.63, 3.8) is 0 Å². The van der Waals surface area contributed by atoms with Crippen LogP contribution in [-0.4, -0.2) is 53.8 Å². The molecule has 0 radical (unpaired) electrons. The number of benzene rings is 1. The fraction of sp³-hybridized carbons (Fsp3) is 0.350. The van der Waals surface area contributed by atoms with Crippen molar-refractivity contribution in [1.29, 1.82) is 0 Å². The van der Waals surface area contributed by atoms with Crippen LogP contribution in [0.2, 0.25) is 0 Å². The van der Waals surface area contributed by atoms with Gasteiger partial charge in [-0.05, 0) is 43.2 Å². The van der Waals surface area contributed by atoms with E-state index < -0.39 is 0 Å². The molecule has 2 heterocycles. The molecule has 0 N–H and O–H groups in total. The van der Waals surface area contributed by atoms with E-state index in [9.17, 15) is 9.59 Å². The Morgan fingerprint density at radius 3 is 2.81 bits per heavy atom. The normalized spacial score (nSPS) is 16.7. The Labute approximate surface area is 167 Å². The zero-order chi connectivity index (χ0) is 19.4. The van der Waals surface area contributed by atoms with Gasteiger partial charge in [0, 0.05) is 37.9 Å². The fourth-order valence-electron chi connectivity index (χ4n) is 3.18. The summed E-state index contributed by atoms with van der Waals surface area (Å²) >= 11 is 3.41. The van der Waals surface area contributed by atoms with Crippen LogP contribution >= 0.6 is 15.9 Å². The van der Waals surface area contributed by atoms with Gasteiger partial charge < -0.3 is 14.5 Å². The van der Waals surface area contributed by atoms with Crippen molar-refractivity contribution < 1.29 is 14.3 Å². The average Bonchev–Trinajstić information content (AvgIpc) is 2.67. The summed E-state index contributed by atoms with van der Waals surface area (Å²) in [6, 6.07) is 10.8. The summed E-state index contributed by atoms with van der Waals surface area (Å²) in [5, 5.41) is 0. The van der Waals surface area contributed by atoms with E-state index in [1.54, 1.807) is 48.3 Å². The number of amides is 2. The number of carbonyl (C=O) groups excluding carboxylic acids is 2. The zero-order valence-electron chi connectivity index (χ0n) is 15.4. The minimum Gasteiger partial charge on any atom is -0.438 e. The minimum absolute atomic E-state index is 0.0595. The van der Waals surface area contributed by atoms with Gasteiger partial charge in [0.1, 0.15) is 11.3 Å². The molecular formula is C20H22BrN3O3. The van der Waals surface area contributed by atoms with Crippen molar-refractivity contribution >= 4 is 27.7 Å². The highest BCUT2D eigenvalue weighted by Gasteiger charge is 2.31. The third kappa shape index (κ3) is 4.66. The van der Waals surface area contributed by atoms with Gasteiger partial charge in [0.05, 0.1) is 5.92 Å². The molecule has 1 aliphatic rings. The quantitative estimate of drug-likeness (QED) is 0.741. The number of nitrogens with zero attached hydrogens (tertiary/aromatic N) is 3. The Kier molecular flexibility index (Phi) is 6.11. The summed E-state index contributed by atoms with van der Waals surface area (Å²) in [5.74, 6) is 0.593. The second-order valence-corrected chi connectivity index (χ2v) is 7.65. The lowest BCUT2D eigenvalue weighted by Crippen LogP contribution is -2.45. The number of ether oxygens (including phenoxy) is 1. The second kappa shape index (κ2) is 8.52. The Hall–Kier alpha value is -2.41. The Morgan fingerprint density at radius 1 is 1.26 bits per heavy atom. The van der Waals surface area contributed by atoms with Crippen LogP contribution in [0.1, 0.15) is 23.2 Å². The lowest BCUT2D eigenvalue weighted by molar-refractivity contribution is -0.134.